The van der Waals surface area contributed by atoms with E-state index in [4.69, 9.17) is 22.4 Å². The van der Waals surface area contributed by atoms with E-state index in [1.807, 2.05) is 26.8 Å². The summed E-state index contributed by atoms with van der Waals surface area (Å²) in [7, 11) is 0. The monoisotopic (exact) mass is 385 g/mol. The average molecular weight is 385 g/mol. The molecule has 0 spiro atoms. The number of urea groups is 1. The molecule has 1 saturated heterocycles. The molecule has 0 aromatic heterocycles. The third-order valence-electron chi connectivity index (χ3n) is 4.83. The van der Waals surface area contributed by atoms with E-state index in [1.54, 1.807) is 0 Å². The number of terminal acetylenes is 2. The van der Waals surface area contributed by atoms with Gasteiger partial charge in [0, 0.05) is 0 Å². The normalized spacial score (nSPS) is 23.5. The van der Waals surface area contributed by atoms with Gasteiger partial charge in [0.15, 0.2) is 13.3 Å². The average Bonchev–Trinajstić information content (AvgIpc) is 3.05. The Balaban J connectivity index is 1.91. The Labute approximate surface area is 164 Å². The minimum Gasteiger partial charge on any atom is -0.443 e. The highest BCUT2D eigenvalue weighted by atomic mass is 16.6. The molecule has 2 fully saturated rings. The van der Waals surface area contributed by atoms with E-state index in [2.05, 4.69) is 17.0 Å². The molecule has 2 aliphatic rings. The molecule has 148 valence electrons. The minimum atomic E-state index is -0.554. The van der Waals surface area contributed by atoms with Crippen molar-refractivity contribution in [1.82, 2.24) is 9.80 Å². The lowest BCUT2D eigenvalue weighted by atomic mass is 10.1. The van der Waals surface area contributed by atoms with E-state index in [1.165, 1.54) is 11.1 Å². The number of ether oxygens (including phenoxy) is 1. The van der Waals surface area contributed by atoms with Crippen LogP contribution in [0.3, 0.4) is 0 Å². The number of allylic oxidation sites excluding steroid dienone is 2. The molecule has 1 heterocycles. The van der Waals surface area contributed by atoms with Gasteiger partial charge in [0.2, 0.25) is 0 Å². The van der Waals surface area contributed by atoms with E-state index in [-0.39, 0.29) is 36.9 Å². The molecule has 0 aromatic carbocycles. The van der Waals surface area contributed by atoms with E-state index < -0.39 is 24.6 Å². The third-order valence-corrected chi connectivity index (χ3v) is 4.83. The number of hydrogen-bond acceptors (Lipinski definition) is 6. The number of imide groups is 1. The van der Waals surface area contributed by atoms with Crippen LogP contribution in [0.2, 0.25) is 0 Å². The van der Waals surface area contributed by atoms with Gasteiger partial charge in [-0.15, -0.1) is 12.8 Å². The fraction of sp³-hybridized carbons (Fsp3) is 0.500. The second-order valence-corrected chi connectivity index (χ2v) is 7.20. The first kappa shape index (κ1) is 21.0. The van der Waals surface area contributed by atoms with Crippen LogP contribution >= 0.6 is 0 Å². The maximum atomic E-state index is 12.5. The van der Waals surface area contributed by atoms with Gasteiger partial charge in [-0.1, -0.05) is 36.9 Å². The highest BCUT2D eigenvalue weighted by molar-refractivity contribution is 6.02. The summed E-state index contributed by atoms with van der Waals surface area (Å²) in [6.07, 6.45) is 13.7. The van der Waals surface area contributed by atoms with Crippen LogP contribution in [0.25, 0.3) is 0 Å². The van der Waals surface area contributed by atoms with Crippen molar-refractivity contribution in [2.75, 3.05) is 26.4 Å². The van der Waals surface area contributed by atoms with Crippen molar-refractivity contribution in [2.45, 2.75) is 20.8 Å². The maximum absolute atomic E-state index is 12.5. The number of oxime groups is 1. The zero-order chi connectivity index (χ0) is 20.9. The number of rotatable bonds is 8. The Morgan fingerprint density at radius 3 is 2.71 bits per heavy atom. The highest BCUT2D eigenvalue weighted by Gasteiger charge is 2.61. The van der Waals surface area contributed by atoms with Gasteiger partial charge in [-0.3, -0.25) is 9.59 Å². The molecule has 2 rings (SSSR count). The molecule has 8 heteroatoms. The van der Waals surface area contributed by atoms with Crippen LogP contribution in [-0.2, 0) is 19.2 Å². The molecule has 2 unspecified atom stereocenters. The van der Waals surface area contributed by atoms with Crippen molar-refractivity contribution >= 4 is 24.1 Å². The second kappa shape index (κ2) is 8.62. The molecule has 28 heavy (non-hydrogen) atoms. The zero-order valence-corrected chi connectivity index (χ0v) is 16.2. The topological polar surface area (TPSA) is 88.5 Å². The number of carbonyl (C=O) groups excluding carboxylic acids is 3. The quantitative estimate of drug-likeness (QED) is 0.157. The van der Waals surface area contributed by atoms with Gasteiger partial charge in [-0.05, 0) is 23.8 Å². The first-order chi connectivity index (χ1) is 13.2. The predicted octanol–water partition coefficient (Wildman–Crippen LogP) is 1.24. The molecular formula is C20H23N3O5. The number of hydrogen-bond donors (Lipinski definition) is 0. The maximum Gasteiger partial charge on any atom is 0.330 e. The molecule has 8 nitrogen and oxygen atoms in total. The van der Waals surface area contributed by atoms with Crippen molar-refractivity contribution < 1.29 is 24.0 Å². The number of amides is 3. The Hall–Kier alpha value is -3.26. The van der Waals surface area contributed by atoms with Gasteiger partial charge in [0.1, 0.15) is 6.54 Å². The van der Waals surface area contributed by atoms with Gasteiger partial charge in [-0.25, -0.2) is 9.69 Å². The summed E-state index contributed by atoms with van der Waals surface area (Å²) in [6.45, 7) is 5.31. The van der Waals surface area contributed by atoms with Crippen LogP contribution in [0.4, 0.5) is 4.79 Å². The van der Waals surface area contributed by atoms with Crippen molar-refractivity contribution in [3.8, 4) is 24.7 Å². The Kier molecular flexibility index (Phi) is 6.48. The fourth-order valence-corrected chi connectivity index (χ4v) is 3.13. The van der Waals surface area contributed by atoms with E-state index in [9.17, 15) is 14.4 Å². The van der Waals surface area contributed by atoms with E-state index in [0.717, 1.165) is 10.5 Å². The first-order valence-electron chi connectivity index (χ1n) is 8.70. The molecule has 1 aliphatic carbocycles. The summed E-state index contributed by atoms with van der Waals surface area (Å²) >= 11 is 0. The summed E-state index contributed by atoms with van der Waals surface area (Å²) in [5, 5.41) is 3.73. The molecule has 1 saturated carbocycles. The summed E-state index contributed by atoms with van der Waals surface area (Å²) < 4.78 is 5.23. The Bertz CT molecular complexity index is 800. The van der Waals surface area contributed by atoms with Crippen LogP contribution < -0.4 is 0 Å². The van der Waals surface area contributed by atoms with Gasteiger partial charge in [-0.2, -0.15) is 0 Å². The lowest BCUT2D eigenvalue weighted by Crippen LogP contribution is -2.36. The molecular weight excluding hydrogens is 362 g/mol. The van der Waals surface area contributed by atoms with Gasteiger partial charge >= 0.3 is 12.0 Å². The second-order valence-electron chi connectivity index (χ2n) is 7.20. The fourth-order valence-electron chi connectivity index (χ4n) is 3.13. The van der Waals surface area contributed by atoms with Crippen LogP contribution in [0.5, 0.6) is 0 Å². The molecule has 0 N–H and O–H groups in total. The predicted molar refractivity (Wildman–Crippen MR) is 101 cm³/mol. The SMILES string of the molecule is C#CCO/N=C/C(C)=C/C1C(C(=O)OCN2C(=O)CN(CC#C)C2=O)C1(C)C. The van der Waals surface area contributed by atoms with Gasteiger partial charge < -0.3 is 14.5 Å². The minimum absolute atomic E-state index is 0.0312. The van der Waals surface area contributed by atoms with Crippen LogP contribution in [-0.4, -0.2) is 60.3 Å². The summed E-state index contributed by atoms with van der Waals surface area (Å²) in [4.78, 5) is 43.4. The standard InChI is InChI=1S/C20H23N3O5/c1-6-8-22-12-16(24)23(19(22)26)13-27-18(25)17-15(20(17,4)5)10-14(3)11-21-28-9-7-2/h1-2,10-11,15,17H,8-9,12-13H2,3-5H3/b14-10+,21-11+. The largest absolute Gasteiger partial charge is 0.443 e. The lowest BCUT2D eigenvalue weighted by molar-refractivity contribution is -0.151. The molecule has 3 amide bonds. The van der Waals surface area contributed by atoms with E-state index in [0.29, 0.717) is 0 Å². The molecule has 1 aliphatic heterocycles. The number of esters is 1. The highest BCUT2D eigenvalue weighted by Crippen LogP contribution is 2.59. The number of nitrogens with zero attached hydrogens (tertiary/aromatic N) is 3. The summed E-state index contributed by atoms with van der Waals surface area (Å²) in [6, 6.07) is -0.554. The lowest BCUT2D eigenvalue weighted by Gasteiger charge is -2.15. The van der Waals surface area contributed by atoms with Gasteiger partial charge in [0.25, 0.3) is 5.91 Å². The Morgan fingerprint density at radius 2 is 2.07 bits per heavy atom. The Morgan fingerprint density at radius 1 is 1.36 bits per heavy atom. The summed E-state index contributed by atoms with van der Waals surface area (Å²) in [5.41, 5.74) is 0.514. The van der Waals surface area contributed by atoms with Crippen molar-refractivity contribution in [2.24, 2.45) is 22.4 Å². The van der Waals surface area contributed by atoms with Crippen LogP contribution in [0.15, 0.2) is 16.8 Å². The zero-order valence-electron chi connectivity index (χ0n) is 16.2. The van der Waals surface area contributed by atoms with Crippen LogP contribution in [0.1, 0.15) is 20.8 Å². The van der Waals surface area contributed by atoms with Crippen molar-refractivity contribution in [3.05, 3.63) is 11.6 Å². The van der Waals surface area contributed by atoms with Crippen LogP contribution in [0, 0.1) is 41.9 Å². The molecule has 0 radical (unpaired) electrons. The molecule has 0 bridgehead atoms. The summed E-state index contributed by atoms with van der Waals surface area (Å²) in [5.74, 6) is 3.28. The van der Waals surface area contributed by atoms with E-state index >= 15 is 0 Å². The number of carbonyl (C=O) groups is 3. The van der Waals surface area contributed by atoms with Gasteiger partial charge in [0.05, 0.1) is 18.7 Å². The molecule has 2 atom stereocenters. The smallest absolute Gasteiger partial charge is 0.330 e. The van der Waals surface area contributed by atoms with Crippen molar-refractivity contribution in [3.63, 3.8) is 0 Å². The first-order valence-corrected chi connectivity index (χ1v) is 8.70. The third kappa shape index (κ3) is 4.52. The molecule has 0 aromatic rings. The van der Waals surface area contributed by atoms with Crippen molar-refractivity contribution in [1.29, 1.82) is 0 Å².